The van der Waals surface area contributed by atoms with E-state index >= 15 is 0 Å². The van der Waals surface area contributed by atoms with Crippen LogP contribution in [0.15, 0.2) is 23.1 Å². The molecule has 0 aliphatic rings. The number of amides is 1. The molecule has 0 spiro atoms. The number of hydrogen-bond acceptors (Lipinski definition) is 3. The molecule has 0 saturated carbocycles. The molecule has 1 unspecified atom stereocenters. The zero-order chi connectivity index (χ0) is 14.7. The van der Waals surface area contributed by atoms with Gasteiger partial charge in [0, 0.05) is 38.0 Å². The van der Waals surface area contributed by atoms with Gasteiger partial charge in [0.25, 0.3) is 0 Å². The molecule has 20 heavy (non-hydrogen) atoms. The Morgan fingerprint density at radius 3 is 2.80 bits per heavy atom. The minimum absolute atomic E-state index is 0.00683. The third-order valence-electron chi connectivity index (χ3n) is 3.07. The first-order valence-electron chi connectivity index (χ1n) is 6.43. The highest BCUT2D eigenvalue weighted by molar-refractivity contribution is 9.10. The van der Waals surface area contributed by atoms with E-state index in [1.54, 1.807) is 15.6 Å². The van der Waals surface area contributed by atoms with E-state index in [9.17, 15) is 4.79 Å². The number of aromatic nitrogens is 4. The van der Waals surface area contributed by atoms with Crippen LogP contribution >= 0.6 is 15.9 Å². The van der Waals surface area contributed by atoms with Gasteiger partial charge in [0.15, 0.2) is 0 Å². The van der Waals surface area contributed by atoms with Crippen LogP contribution in [0.2, 0.25) is 0 Å². The van der Waals surface area contributed by atoms with Crippen molar-refractivity contribution in [2.24, 2.45) is 7.05 Å². The van der Waals surface area contributed by atoms with Gasteiger partial charge in [0.1, 0.15) is 0 Å². The maximum absolute atomic E-state index is 11.9. The number of halogens is 1. The third kappa shape index (κ3) is 3.69. The van der Waals surface area contributed by atoms with E-state index < -0.39 is 0 Å². The average molecular weight is 340 g/mol. The third-order valence-corrected chi connectivity index (χ3v) is 3.47. The minimum Gasteiger partial charge on any atom is -0.349 e. The summed E-state index contributed by atoms with van der Waals surface area (Å²) in [5.41, 5.74) is 1.99. The molecular weight excluding hydrogens is 322 g/mol. The zero-order valence-corrected chi connectivity index (χ0v) is 13.4. The summed E-state index contributed by atoms with van der Waals surface area (Å²) >= 11 is 3.33. The Morgan fingerprint density at radius 2 is 2.25 bits per heavy atom. The Bertz CT molecular complexity index is 604. The maximum atomic E-state index is 11.9. The molecule has 1 amide bonds. The Hall–Kier alpha value is -1.63. The highest BCUT2D eigenvalue weighted by atomic mass is 79.9. The van der Waals surface area contributed by atoms with Gasteiger partial charge in [0.05, 0.1) is 22.4 Å². The summed E-state index contributed by atoms with van der Waals surface area (Å²) in [6.45, 7) is 4.47. The van der Waals surface area contributed by atoms with Crippen LogP contribution in [0, 0.1) is 6.92 Å². The molecular formula is C13H18BrN5O. The van der Waals surface area contributed by atoms with Crippen molar-refractivity contribution in [3.05, 3.63) is 34.3 Å². The standard InChI is InChI=1S/C13H18BrN5O/c1-9(12-8-18(3)17-10(12)2)16-13(20)4-5-19-7-11(14)6-15-19/h6-9H,4-5H2,1-3H3,(H,16,20). The molecule has 0 aromatic carbocycles. The van der Waals surface area contributed by atoms with Gasteiger partial charge >= 0.3 is 0 Å². The quantitative estimate of drug-likeness (QED) is 0.905. The molecule has 0 radical (unpaired) electrons. The van der Waals surface area contributed by atoms with Crippen molar-refractivity contribution in [2.45, 2.75) is 32.9 Å². The number of nitrogens with one attached hydrogen (secondary N) is 1. The SMILES string of the molecule is Cc1nn(C)cc1C(C)NC(=O)CCn1cc(Br)cn1. The molecule has 0 fully saturated rings. The molecule has 1 atom stereocenters. The van der Waals surface area contributed by atoms with Crippen LogP contribution in [0.25, 0.3) is 0 Å². The van der Waals surface area contributed by atoms with Crippen LogP contribution in [-0.4, -0.2) is 25.5 Å². The van der Waals surface area contributed by atoms with E-state index in [4.69, 9.17) is 0 Å². The summed E-state index contributed by atoms with van der Waals surface area (Å²) < 4.78 is 4.41. The van der Waals surface area contributed by atoms with Crippen molar-refractivity contribution >= 4 is 21.8 Å². The van der Waals surface area contributed by atoms with E-state index in [-0.39, 0.29) is 11.9 Å². The molecule has 2 aromatic rings. The molecule has 2 rings (SSSR count). The second kappa shape index (κ2) is 6.21. The summed E-state index contributed by atoms with van der Waals surface area (Å²) in [6.07, 6.45) is 5.89. The summed E-state index contributed by atoms with van der Waals surface area (Å²) in [4.78, 5) is 11.9. The topological polar surface area (TPSA) is 64.7 Å². The van der Waals surface area contributed by atoms with Crippen molar-refractivity contribution in [3.8, 4) is 0 Å². The van der Waals surface area contributed by atoms with Crippen molar-refractivity contribution in [1.82, 2.24) is 24.9 Å². The second-order valence-corrected chi connectivity index (χ2v) is 5.72. The first kappa shape index (κ1) is 14.8. The number of rotatable bonds is 5. The van der Waals surface area contributed by atoms with Crippen LogP contribution in [0.4, 0.5) is 0 Å². The fourth-order valence-electron chi connectivity index (χ4n) is 2.11. The fourth-order valence-corrected chi connectivity index (χ4v) is 2.44. The highest BCUT2D eigenvalue weighted by Crippen LogP contribution is 2.15. The number of hydrogen-bond donors (Lipinski definition) is 1. The lowest BCUT2D eigenvalue weighted by atomic mass is 10.1. The smallest absolute Gasteiger partial charge is 0.222 e. The summed E-state index contributed by atoms with van der Waals surface area (Å²) in [5, 5.41) is 11.4. The summed E-state index contributed by atoms with van der Waals surface area (Å²) in [5.74, 6) is 0.00683. The van der Waals surface area contributed by atoms with Gasteiger partial charge in [-0.1, -0.05) is 0 Å². The van der Waals surface area contributed by atoms with E-state index in [1.165, 1.54) is 0 Å². The molecule has 0 bridgehead atoms. The lowest BCUT2D eigenvalue weighted by Crippen LogP contribution is -2.27. The molecule has 0 aliphatic heterocycles. The van der Waals surface area contributed by atoms with Gasteiger partial charge in [-0.05, 0) is 29.8 Å². The normalized spacial score (nSPS) is 12.4. The van der Waals surface area contributed by atoms with E-state index in [0.717, 1.165) is 15.7 Å². The molecule has 108 valence electrons. The van der Waals surface area contributed by atoms with Crippen LogP contribution in [0.3, 0.4) is 0 Å². The molecule has 7 heteroatoms. The van der Waals surface area contributed by atoms with Crippen LogP contribution in [0.5, 0.6) is 0 Å². The zero-order valence-electron chi connectivity index (χ0n) is 11.8. The van der Waals surface area contributed by atoms with E-state index in [1.807, 2.05) is 33.3 Å². The van der Waals surface area contributed by atoms with Gasteiger partial charge in [-0.25, -0.2) is 0 Å². The highest BCUT2D eigenvalue weighted by Gasteiger charge is 2.14. The monoisotopic (exact) mass is 339 g/mol. The first-order chi connectivity index (χ1) is 9.45. The molecule has 2 aromatic heterocycles. The van der Waals surface area contributed by atoms with Crippen LogP contribution in [0.1, 0.15) is 30.6 Å². The lowest BCUT2D eigenvalue weighted by molar-refractivity contribution is -0.122. The fraction of sp³-hybridized carbons (Fsp3) is 0.462. The summed E-state index contributed by atoms with van der Waals surface area (Å²) in [6, 6.07) is -0.0412. The Morgan fingerprint density at radius 1 is 1.50 bits per heavy atom. The maximum Gasteiger partial charge on any atom is 0.222 e. The van der Waals surface area contributed by atoms with Gasteiger partial charge < -0.3 is 5.32 Å². The Balaban J connectivity index is 1.86. The molecule has 0 aliphatic carbocycles. The molecule has 0 saturated heterocycles. The van der Waals surface area contributed by atoms with Crippen molar-refractivity contribution in [2.75, 3.05) is 0 Å². The average Bonchev–Trinajstić information content (AvgIpc) is 2.92. The van der Waals surface area contributed by atoms with E-state index in [0.29, 0.717) is 13.0 Å². The van der Waals surface area contributed by atoms with Gasteiger partial charge in [0.2, 0.25) is 5.91 Å². The lowest BCUT2D eigenvalue weighted by Gasteiger charge is -2.13. The molecule has 2 heterocycles. The van der Waals surface area contributed by atoms with Gasteiger partial charge in [-0.15, -0.1) is 0 Å². The number of aryl methyl sites for hydroxylation is 3. The largest absolute Gasteiger partial charge is 0.349 e. The number of carbonyl (C=O) groups excluding carboxylic acids is 1. The van der Waals surface area contributed by atoms with E-state index in [2.05, 4.69) is 31.4 Å². The second-order valence-electron chi connectivity index (χ2n) is 4.80. The van der Waals surface area contributed by atoms with Gasteiger partial charge in [-0.2, -0.15) is 10.2 Å². The minimum atomic E-state index is -0.0412. The number of carbonyl (C=O) groups is 1. The van der Waals surface area contributed by atoms with Crippen molar-refractivity contribution in [3.63, 3.8) is 0 Å². The van der Waals surface area contributed by atoms with Gasteiger partial charge in [-0.3, -0.25) is 14.2 Å². The van der Waals surface area contributed by atoms with Crippen LogP contribution in [-0.2, 0) is 18.4 Å². The summed E-state index contributed by atoms with van der Waals surface area (Å²) in [7, 11) is 1.88. The predicted molar refractivity (Wildman–Crippen MR) is 79.0 cm³/mol. The Kier molecular flexibility index (Phi) is 4.59. The van der Waals surface area contributed by atoms with Crippen LogP contribution < -0.4 is 5.32 Å². The number of nitrogens with zero attached hydrogens (tertiary/aromatic N) is 4. The predicted octanol–water partition coefficient (Wildman–Crippen LogP) is 1.96. The first-order valence-corrected chi connectivity index (χ1v) is 7.22. The molecule has 6 nitrogen and oxygen atoms in total. The molecule has 1 N–H and O–H groups in total. The van der Waals surface area contributed by atoms with Crippen molar-refractivity contribution < 1.29 is 4.79 Å². The van der Waals surface area contributed by atoms with Crippen molar-refractivity contribution in [1.29, 1.82) is 0 Å². The Labute approximate surface area is 126 Å².